The number of hydrogen-bond acceptors (Lipinski definition) is 5. The molecule has 0 atom stereocenters. The average Bonchev–Trinajstić information content (AvgIpc) is 2.73. The largest absolute Gasteiger partial charge is 0.511 e. The van der Waals surface area contributed by atoms with Crippen LogP contribution in [0.2, 0.25) is 0 Å². The molecule has 0 fully saturated rings. The number of oxazole rings is 1. The maximum absolute atomic E-state index is 10.4. The monoisotopic (exact) mass is 279 g/mol. The quantitative estimate of drug-likeness (QED) is 0.798. The van der Waals surface area contributed by atoms with Gasteiger partial charge in [-0.25, -0.2) is 4.98 Å². The zero-order valence-corrected chi connectivity index (χ0v) is 10.9. The second-order valence-electron chi connectivity index (χ2n) is 3.93. The second kappa shape index (κ2) is 5.79. The molecule has 1 aromatic carbocycles. The molecule has 0 aliphatic heterocycles. The summed E-state index contributed by atoms with van der Waals surface area (Å²) in [5.41, 5.74) is 1.60. The summed E-state index contributed by atoms with van der Waals surface area (Å²) in [5.74, 6) is 0.189. The Hall–Kier alpha value is -1.95. The molecule has 0 bridgehead atoms. The van der Waals surface area contributed by atoms with Crippen LogP contribution in [-0.4, -0.2) is 32.7 Å². The van der Waals surface area contributed by atoms with Crippen molar-refractivity contribution >= 4 is 41.2 Å². The number of carboxylic acid groups (broad SMARTS) is 1. The van der Waals surface area contributed by atoms with E-state index in [2.05, 4.69) is 11.6 Å². The van der Waals surface area contributed by atoms with Crippen molar-refractivity contribution in [2.24, 2.45) is 0 Å². The van der Waals surface area contributed by atoms with Crippen molar-refractivity contribution in [2.75, 3.05) is 11.5 Å². The van der Waals surface area contributed by atoms with Crippen LogP contribution < -0.4 is 10.8 Å². The Morgan fingerprint density at radius 1 is 1.42 bits per heavy atom. The molecule has 1 aromatic heterocycles. The molecule has 0 aliphatic rings. The van der Waals surface area contributed by atoms with E-state index >= 15 is 0 Å². The molecular weight excluding hydrogens is 266 g/mol. The zero-order chi connectivity index (χ0) is 13.8. The molecule has 0 spiro atoms. The number of aliphatic hydroxyl groups is 1. The molecule has 19 heavy (non-hydrogen) atoms. The molecule has 100 valence electrons. The Bertz CT molecular complexity index is 707. The number of aliphatic carboxylic acids is 1. The Balaban J connectivity index is 2.13. The average molecular weight is 279 g/mol. The van der Waals surface area contributed by atoms with Crippen molar-refractivity contribution < 1.29 is 19.4 Å². The van der Waals surface area contributed by atoms with Gasteiger partial charge in [-0.05, 0) is 24.8 Å². The summed E-state index contributed by atoms with van der Waals surface area (Å²) in [6, 6.07) is 5.20. The van der Waals surface area contributed by atoms with E-state index in [9.17, 15) is 9.90 Å². The van der Waals surface area contributed by atoms with Gasteiger partial charge < -0.3 is 14.6 Å². The highest BCUT2D eigenvalue weighted by Gasteiger charge is 2.02. The van der Waals surface area contributed by atoms with Crippen LogP contribution in [0.4, 0.5) is 0 Å². The minimum Gasteiger partial charge on any atom is -0.511 e. The lowest BCUT2D eigenvalue weighted by atomic mass is 10.2. The maximum atomic E-state index is 10.4. The second-order valence-corrected chi connectivity index (χ2v) is 5.04. The van der Waals surface area contributed by atoms with Crippen LogP contribution in [0.1, 0.15) is 6.42 Å². The van der Waals surface area contributed by atoms with Gasteiger partial charge in [0.1, 0.15) is 11.3 Å². The Kier molecular flexibility index (Phi) is 4.11. The standard InChI is InChI=1S/C13H13NO4S/c1-8-14-10-3-2-9(6-12(10)18-8)11(15)7-19-5-4-13(16)17/h2-3,6,15H,1,4-5,7H2,(H,16,17). The predicted octanol–water partition coefficient (Wildman–Crippen LogP) is 1.11. The highest BCUT2D eigenvalue weighted by Crippen LogP contribution is 2.09. The Labute approximate surface area is 113 Å². The number of benzene rings is 1. The number of aromatic nitrogens is 1. The number of carbonyl (C=O) groups is 1. The first-order valence-electron chi connectivity index (χ1n) is 5.63. The molecule has 0 unspecified atom stereocenters. The van der Waals surface area contributed by atoms with Crippen LogP contribution >= 0.6 is 11.8 Å². The molecule has 0 saturated carbocycles. The summed E-state index contributed by atoms with van der Waals surface area (Å²) in [6.45, 7) is 3.60. The molecule has 0 radical (unpaired) electrons. The van der Waals surface area contributed by atoms with Gasteiger partial charge in [-0.3, -0.25) is 4.79 Å². The van der Waals surface area contributed by atoms with E-state index in [1.807, 2.05) is 0 Å². The number of aliphatic hydroxyl groups excluding tert-OH is 1. The van der Waals surface area contributed by atoms with Crippen molar-refractivity contribution in [3.8, 4) is 0 Å². The number of nitrogens with zero attached hydrogens (tertiary/aromatic N) is 1. The fourth-order valence-corrected chi connectivity index (χ4v) is 2.39. The van der Waals surface area contributed by atoms with Gasteiger partial charge >= 0.3 is 5.97 Å². The minimum atomic E-state index is -0.835. The summed E-state index contributed by atoms with van der Waals surface area (Å²) in [7, 11) is 0. The maximum Gasteiger partial charge on any atom is 0.304 e. The first-order chi connectivity index (χ1) is 9.06. The first-order valence-corrected chi connectivity index (χ1v) is 6.79. The number of fused-ring (bicyclic) bond motifs is 1. The molecule has 6 heteroatoms. The highest BCUT2D eigenvalue weighted by atomic mass is 32.2. The Morgan fingerprint density at radius 3 is 2.95 bits per heavy atom. The molecule has 2 rings (SSSR count). The van der Waals surface area contributed by atoms with Gasteiger partial charge in [0.05, 0.1) is 12.2 Å². The van der Waals surface area contributed by atoms with Crippen molar-refractivity contribution in [3.05, 3.63) is 29.0 Å². The lowest BCUT2D eigenvalue weighted by Crippen LogP contribution is -2.07. The third-order valence-electron chi connectivity index (χ3n) is 2.46. The van der Waals surface area contributed by atoms with Crippen LogP contribution in [0.15, 0.2) is 22.6 Å². The number of rotatable bonds is 5. The fraction of sp³-hybridized carbons (Fsp3) is 0.231. The van der Waals surface area contributed by atoms with Gasteiger partial charge in [0, 0.05) is 11.0 Å². The van der Waals surface area contributed by atoms with Crippen molar-refractivity contribution in [2.45, 2.75) is 6.42 Å². The minimum absolute atomic E-state index is 0.0873. The van der Waals surface area contributed by atoms with E-state index in [-0.39, 0.29) is 12.2 Å². The number of thioether (sulfide) groups is 1. The van der Waals surface area contributed by atoms with Gasteiger partial charge in [-0.2, -0.15) is 11.8 Å². The SMILES string of the molecule is C=c1nc2ccc(=C(O)CSCCC(=O)O)cc2o1. The fourth-order valence-electron chi connectivity index (χ4n) is 1.56. The van der Waals surface area contributed by atoms with Crippen molar-refractivity contribution in [1.82, 2.24) is 4.98 Å². The molecule has 5 nitrogen and oxygen atoms in total. The summed E-state index contributed by atoms with van der Waals surface area (Å²) in [5, 5.41) is 19.1. The molecule has 0 saturated heterocycles. The van der Waals surface area contributed by atoms with Gasteiger partial charge in [0.25, 0.3) is 0 Å². The van der Waals surface area contributed by atoms with Gasteiger partial charge in [0.2, 0.25) is 5.55 Å². The molecule has 0 aliphatic carbocycles. The van der Waals surface area contributed by atoms with Crippen molar-refractivity contribution in [3.63, 3.8) is 0 Å². The van der Waals surface area contributed by atoms with Gasteiger partial charge in [-0.1, -0.05) is 0 Å². The Morgan fingerprint density at radius 2 is 2.21 bits per heavy atom. The topological polar surface area (TPSA) is 83.6 Å². The van der Waals surface area contributed by atoms with Crippen LogP contribution in [0, 0.1) is 0 Å². The smallest absolute Gasteiger partial charge is 0.304 e. The van der Waals surface area contributed by atoms with Crippen LogP contribution in [0.25, 0.3) is 23.4 Å². The lowest BCUT2D eigenvalue weighted by Gasteiger charge is -1.99. The first kappa shape index (κ1) is 13.5. The van der Waals surface area contributed by atoms with Gasteiger partial charge in [0.15, 0.2) is 5.58 Å². The molecule has 1 heterocycles. The van der Waals surface area contributed by atoms with Crippen LogP contribution in [-0.2, 0) is 4.79 Å². The lowest BCUT2D eigenvalue weighted by molar-refractivity contribution is -0.136. The number of hydrogen-bond donors (Lipinski definition) is 2. The van der Waals surface area contributed by atoms with E-state index in [1.54, 1.807) is 18.2 Å². The van der Waals surface area contributed by atoms with E-state index < -0.39 is 5.97 Å². The van der Waals surface area contributed by atoms with E-state index in [1.165, 1.54) is 11.8 Å². The van der Waals surface area contributed by atoms with E-state index in [0.29, 0.717) is 33.4 Å². The molecule has 2 N–H and O–H groups in total. The van der Waals surface area contributed by atoms with Crippen molar-refractivity contribution in [1.29, 1.82) is 0 Å². The third kappa shape index (κ3) is 3.51. The van der Waals surface area contributed by atoms with E-state index in [4.69, 9.17) is 9.52 Å². The van der Waals surface area contributed by atoms with Gasteiger partial charge in [-0.15, -0.1) is 0 Å². The third-order valence-corrected chi connectivity index (χ3v) is 3.44. The molecule has 0 amide bonds. The number of carboxylic acids is 1. The summed E-state index contributed by atoms with van der Waals surface area (Å²) >= 11 is 1.37. The normalized spacial score (nSPS) is 12.6. The molecule has 2 aromatic rings. The van der Waals surface area contributed by atoms with Crippen LogP contribution in [0.5, 0.6) is 0 Å². The summed E-state index contributed by atoms with van der Waals surface area (Å²) < 4.78 is 5.28. The summed E-state index contributed by atoms with van der Waals surface area (Å²) in [6.07, 6.45) is 0.0873. The highest BCUT2D eigenvalue weighted by molar-refractivity contribution is 7.99. The zero-order valence-electron chi connectivity index (χ0n) is 10.1. The molecular formula is C13H13NO4S. The summed E-state index contributed by atoms with van der Waals surface area (Å²) in [4.78, 5) is 14.4. The van der Waals surface area contributed by atoms with E-state index in [0.717, 1.165) is 0 Å². The predicted molar refractivity (Wildman–Crippen MR) is 74.4 cm³/mol. The van der Waals surface area contributed by atoms with Crippen LogP contribution in [0.3, 0.4) is 0 Å².